The van der Waals surface area contributed by atoms with E-state index < -0.39 is 5.97 Å². The molecule has 206 valence electrons. The normalized spacial score (nSPS) is 11.8. The standard InChI is InChI=1S/C25H46O10/c1-4-7-8-23(5-2)25(27)35-22-20-33-18-16-31-14-12-29-10-9-28-11-13-30-15-17-32-19-21-34-24(26)6-3/h6,23H,3-5,7-22H2,1-2H3. The third kappa shape index (κ3) is 23.9. The number of carbonyl (C=O) groups is 2. The first-order valence-corrected chi connectivity index (χ1v) is 12.6. The van der Waals surface area contributed by atoms with Crippen LogP contribution in [0.2, 0.25) is 0 Å². The molecule has 0 fully saturated rings. The molecule has 0 aliphatic rings. The Bertz CT molecular complexity index is 501. The molecule has 0 aromatic carbocycles. The number of hydrogen-bond donors (Lipinski definition) is 0. The van der Waals surface area contributed by atoms with Crippen molar-refractivity contribution in [3.05, 3.63) is 12.7 Å². The van der Waals surface area contributed by atoms with E-state index in [0.717, 1.165) is 31.8 Å². The quantitative estimate of drug-likeness (QED) is 0.0937. The average molecular weight is 507 g/mol. The zero-order valence-corrected chi connectivity index (χ0v) is 21.7. The van der Waals surface area contributed by atoms with Crippen LogP contribution in [-0.2, 0) is 47.5 Å². The van der Waals surface area contributed by atoms with Gasteiger partial charge in [0.25, 0.3) is 0 Å². The van der Waals surface area contributed by atoms with E-state index in [1.54, 1.807) is 0 Å². The molecule has 10 nitrogen and oxygen atoms in total. The maximum absolute atomic E-state index is 12.0. The third-order valence-corrected chi connectivity index (χ3v) is 4.70. The molecule has 0 rings (SSSR count). The minimum absolute atomic E-state index is 0.00327. The Morgan fingerprint density at radius 3 is 1.34 bits per heavy atom. The number of carbonyl (C=O) groups excluding carboxylic acids is 2. The van der Waals surface area contributed by atoms with Gasteiger partial charge in [0.15, 0.2) is 0 Å². The van der Waals surface area contributed by atoms with Crippen molar-refractivity contribution in [3.63, 3.8) is 0 Å². The van der Waals surface area contributed by atoms with Gasteiger partial charge < -0.3 is 37.9 Å². The molecule has 0 heterocycles. The van der Waals surface area contributed by atoms with Gasteiger partial charge in [0.1, 0.15) is 13.2 Å². The number of esters is 2. The first-order chi connectivity index (χ1) is 17.2. The average Bonchev–Trinajstić information content (AvgIpc) is 2.87. The third-order valence-electron chi connectivity index (χ3n) is 4.70. The Morgan fingerprint density at radius 1 is 0.629 bits per heavy atom. The Balaban J connectivity index is 3.21. The van der Waals surface area contributed by atoms with Gasteiger partial charge in [0.05, 0.1) is 85.2 Å². The van der Waals surface area contributed by atoms with Crippen LogP contribution in [0.4, 0.5) is 0 Å². The van der Waals surface area contributed by atoms with Crippen LogP contribution >= 0.6 is 0 Å². The second-order valence-corrected chi connectivity index (χ2v) is 7.46. The Kier molecular flexibility index (Phi) is 25.8. The van der Waals surface area contributed by atoms with Gasteiger partial charge in [-0.1, -0.05) is 33.3 Å². The van der Waals surface area contributed by atoms with Crippen LogP contribution in [0.1, 0.15) is 39.5 Å². The maximum atomic E-state index is 12.0. The lowest BCUT2D eigenvalue weighted by molar-refractivity contribution is -0.150. The fraction of sp³-hybridized carbons (Fsp3) is 0.840. The van der Waals surface area contributed by atoms with Crippen LogP contribution in [0.5, 0.6) is 0 Å². The van der Waals surface area contributed by atoms with Gasteiger partial charge in [-0.2, -0.15) is 0 Å². The van der Waals surface area contributed by atoms with Crippen molar-refractivity contribution in [2.45, 2.75) is 39.5 Å². The SMILES string of the molecule is C=CC(=O)OCCOCCOCCOCCOCCOCCOCCOC(=O)C(CC)CCCC. The van der Waals surface area contributed by atoms with Crippen LogP contribution in [0.15, 0.2) is 12.7 Å². The molecule has 0 N–H and O–H groups in total. The van der Waals surface area contributed by atoms with Crippen molar-refractivity contribution >= 4 is 11.9 Å². The van der Waals surface area contributed by atoms with E-state index in [1.807, 2.05) is 6.92 Å². The molecule has 1 unspecified atom stereocenters. The lowest BCUT2D eigenvalue weighted by Gasteiger charge is -2.13. The summed E-state index contributed by atoms with van der Waals surface area (Å²) >= 11 is 0. The molecule has 0 spiro atoms. The van der Waals surface area contributed by atoms with Gasteiger partial charge in [-0.25, -0.2) is 4.79 Å². The highest BCUT2D eigenvalue weighted by atomic mass is 16.6. The summed E-state index contributed by atoms with van der Waals surface area (Å²) in [5.41, 5.74) is 0. The minimum atomic E-state index is -0.459. The number of rotatable bonds is 27. The van der Waals surface area contributed by atoms with Gasteiger partial charge in [0, 0.05) is 6.08 Å². The highest BCUT2D eigenvalue weighted by molar-refractivity contribution is 5.81. The molecule has 0 aliphatic heterocycles. The summed E-state index contributed by atoms with van der Waals surface area (Å²) in [6, 6.07) is 0. The molecule has 10 heteroatoms. The Hall–Kier alpha value is -1.56. The number of unbranched alkanes of at least 4 members (excludes halogenated alkanes) is 1. The van der Waals surface area contributed by atoms with Crippen molar-refractivity contribution in [3.8, 4) is 0 Å². The predicted molar refractivity (Wildman–Crippen MR) is 130 cm³/mol. The Morgan fingerprint density at radius 2 is 1.00 bits per heavy atom. The minimum Gasteiger partial charge on any atom is -0.463 e. The van der Waals surface area contributed by atoms with E-state index in [0.29, 0.717) is 79.3 Å². The number of ether oxygens (including phenoxy) is 8. The molecule has 0 saturated carbocycles. The first-order valence-electron chi connectivity index (χ1n) is 12.6. The summed E-state index contributed by atoms with van der Waals surface area (Å²) < 4.78 is 42.3. The van der Waals surface area contributed by atoms with E-state index in [9.17, 15) is 9.59 Å². The maximum Gasteiger partial charge on any atom is 0.330 e. The lowest BCUT2D eigenvalue weighted by atomic mass is 10.00. The summed E-state index contributed by atoms with van der Waals surface area (Å²) in [6.45, 7) is 13.2. The molecular weight excluding hydrogens is 460 g/mol. The van der Waals surface area contributed by atoms with Crippen LogP contribution in [0.3, 0.4) is 0 Å². The molecule has 0 aromatic heterocycles. The van der Waals surface area contributed by atoms with Crippen molar-refractivity contribution in [1.29, 1.82) is 0 Å². The lowest BCUT2D eigenvalue weighted by Crippen LogP contribution is -2.20. The van der Waals surface area contributed by atoms with Crippen LogP contribution in [-0.4, -0.2) is 104 Å². The summed E-state index contributed by atoms with van der Waals surface area (Å²) in [5, 5.41) is 0. The summed E-state index contributed by atoms with van der Waals surface area (Å²) in [7, 11) is 0. The van der Waals surface area contributed by atoms with Crippen molar-refractivity contribution in [2.24, 2.45) is 5.92 Å². The predicted octanol–water partition coefficient (Wildman–Crippen LogP) is 2.57. The summed E-state index contributed by atoms with van der Waals surface area (Å²) in [5.74, 6) is -0.586. The molecule has 0 amide bonds. The zero-order chi connectivity index (χ0) is 25.8. The highest BCUT2D eigenvalue weighted by Gasteiger charge is 2.16. The van der Waals surface area contributed by atoms with E-state index in [4.69, 9.17) is 37.9 Å². The topological polar surface area (TPSA) is 108 Å². The molecule has 0 saturated heterocycles. The highest BCUT2D eigenvalue weighted by Crippen LogP contribution is 2.14. The van der Waals surface area contributed by atoms with Gasteiger partial charge >= 0.3 is 11.9 Å². The van der Waals surface area contributed by atoms with Crippen molar-refractivity contribution in [2.75, 3.05) is 92.5 Å². The van der Waals surface area contributed by atoms with E-state index in [-0.39, 0.29) is 25.1 Å². The molecule has 0 bridgehead atoms. The van der Waals surface area contributed by atoms with Crippen molar-refractivity contribution in [1.82, 2.24) is 0 Å². The van der Waals surface area contributed by atoms with Crippen LogP contribution in [0, 0.1) is 5.92 Å². The molecule has 35 heavy (non-hydrogen) atoms. The monoisotopic (exact) mass is 506 g/mol. The second kappa shape index (κ2) is 27.0. The largest absolute Gasteiger partial charge is 0.463 e. The van der Waals surface area contributed by atoms with E-state index in [2.05, 4.69) is 13.5 Å². The van der Waals surface area contributed by atoms with Crippen molar-refractivity contribution < 1.29 is 47.5 Å². The van der Waals surface area contributed by atoms with Gasteiger partial charge in [-0.3, -0.25) is 4.79 Å². The molecule has 0 aromatic rings. The summed E-state index contributed by atoms with van der Waals surface area (Å²) in [4.78, 5) is 22.8. The van der Waals surface area contributed by atoms with E-state index in [1.165, 1.54) is 0 Å². The molecule has 1 atom stereocenters. The fourth-order valence-electron chi connectivity index (χ4n) is 2.72. The molecular formula is C25H46O10. The second-order valence-electron chi connectivity index (χ2n) is 7.46. The van der Waals surface area contributed by atoms with Gasteiger partial charge in [0.2, 0.25) is 0 Å². The van der Waals surface area contributed by atoms with Gasteiger partial charge in [-0.15, -0.1) is 0 Å². The van der Waals surface area contributed by atoms with Crippen LogP contribution in [0.25, 0.3) is 0 Å². The fourth-order valence-corrected chi connectivity index (χ4v) is 2.72. The smallest absolute Gasteiger partial charge is 0.330 e. The molecule has 0 aliphatic carbocycles. The zero-order valence-electron chi connectivity index (χ0n) is 21.7. The van der Waals surface area contributed by atoms with E-state index >= 15 is 0 Å². The Labute approximate surface area is 210 Å². The van der Waals surface area contributed by atoms with Gasteiger partial charge in [-0.05, 0) is 12.8 Å². The number of hydrogen-bond acceptors (Lipinski definition) is 10. The summed E-state index contributed by atoms with van der Waals surface area (Å²) in [6.07, 6.45) is 4.94. The first kappa shape index (κ1) is 33.4. The molecule has 0 radical (unpaired) electrons. The van der Waals surface area contributed by atoms with Crippen LogP contribution < -0.4 is 0 Å².